The zero-order valence-corrected chi connectivity index (χ0v) is 38.6. The Morgan fingerprint density at radius 1 is 0.517 bits per heavy atom. The summed E-state index contributed by atoms with van der Waals surface area (Å²) in [5.74, 6) is 0.855. The van der Waals surface area contributed by atoms with Crippen molar-refractivity contribution in [1.82, 2.24) is 0 Å². The van der Waals surface area contributed by atoms with E-state index in [9.17, 15) is 19.2 Å². The van der Waals surface area contributed by atoms with Crippen molar-refractivity contribution in [3.8, 4) is 0 Å². The fourth-order valence-corrected chi connectivity index (χ4v) is 8.90. The topological polar surface area (TPSA) is 224 Å². The lowest BCUT2D eigenvalue weighted by Gasteiger charge is -2.24. The highest BCUT2D eigenvalue weighted by atomic mass is 32.2. The summed E-state index contributed by atoms with van der Waals surface area (Å²) in [6.07, 6.45) is 4.81. The minimum atomic E-state index is -0.595. The van der Waals surface area contributed by atoms with E-state index in [4.69, 9.17) is 34.4 Å². The zero-order chi connectivity index (χ0) is 44.6. The van der Waals surface area contributed by atoms with E-state index in [0.29, 0.717) is 61.7 Å². The van der Waals surface area contributed by atoms with Gasteiger partial charge in [-0.25, -0.2) is 0 Å². The number of benzene rings is 3. The van der Waals surface area contributed by atoms with Crippen LogP contribution in [0.2, 0.25) is 0 Å². The summed E-state index contributed by atoms with van der Waals surface area (Å²) in [4.78, 5) is 57.1. The van der Waals surface area contributed by atoms with Crippen molar-refractivity contribution in [3.05, 3.63) is 93.0 Å². The van der Waals surface area contributed by atoms with E-state index in [1.807, 2.05) is 0 Å². The molecule has 3 aromatic carbocycles. The van der Waals surface area contributed by atoms with Crippen molar-refractivity contribution in [2.45, 2.75) is 138 Å². The molecule has 0 aromatic heterocycles. The molecule has 0 heterocycles. The monoisotopic (exact) mass is 861 g/mol. The summed E-state index contributed by atoms with van der Waals surface area (Å²) < 4.78 is 0. The van der Waals surface area contributed by atoms with Crippen LogP contribution in [0, 0.1) is 0 Å². The van der Waals surface area contributed by atoms with Crippen LogP contribution in [0.4, 0.5) is 0 Å². The maximum atomic E-state index is 14.2. The van der Waals surface area contributed by atoms with E-state index in [-0.39, 0.29) is 59.6 Å². The average molecular weight is 861 g/mol. The first-order valence-electron chi connectivity index (χ1n) is 21.5. The van der Waals surface area contributed by atoms with E-state index >= 15 is 0 Å². The minimum absolute atomic E-state index is 0.0468. The first-order chi connectivity index (χ1) is 28.3. The Bertz CT molecular complexity index is 1790. The van der Waals surface area contributed by atoms with Gasteiger partial charge in [-0.05, 0) is 89.0 Å². The summed E-state index contributed by atoms with van der Waals surface area (Å²) in [6, 6.07) is 14.0. The lowest BCUT2D eigenvalue weighted by atomic mass is 9.83. The third kappa shape index (κ3) is 15.6. The van der Waals surface area contributed by atoms with Crippen molar-refractivity contribution in [2.24, 2.45) is 34.4 Å². The Morgan fingerprint density at radius 2 is 0.867 bits per heavy atom. The maximum Gasteiger partial charge on any atom is 0.167 e. The summed E-state index contributed by atoms with van der Waals surface area (Å²) >= 11 is 3.10. The van der Waals surface area contributed by atoms with Crippen molar-refractivity contribution >= 4 is 46.7 Å². The van der Waals surface area contributed by atoms with Crippen LogP contribution in [-0.2, 0) is 46.1 Å². The Morgan fingerprint density at radius 3 is 1.18 bits per heavy atom. The first kappa shape index (κ1) is 51.2. The molecule has 0 bridgehead atoms. The van der Waals surface area contributed by atoms with Crippen molar-refractivity contribution < 1.29 is 19.2 Å². The van der Waals surface area contributed by atoms with Gasteiger partial charge in [0, 0.05) is 71.2 Å². The number of hydrogen-bond donors (Lipinski definition) is 6. The second-order valence-electron chi connectivity index (χ2n) is 17.9. The Labute approximate surface area is 367 Å². The SMILES string of the molecule is CC(C)(C)c1cc(CC(=O)c2cccc(C(=O)Cc3cc(C(C)(C)C)cc(CC(=O)[C@@H](N)CCCCN)c3SCCN)c2)c(SCCN)c(CC(=O)[C@@H](N)CCCCN)c1. The third-order valence-electron chi connectivity index (χ3n) is 10.6. The molecule has 2 atom stereocenters. The summed E-state index contributed by atoms with van der Waals surface area (Å²) in [6.45, 7) is 14.6. The normalized spacial score (nSPS) is 13.0. The summed E-state index contributed by atoms with van der Waals surface area (Å²) in [5, 5.41) is 0. The van der Waals surface area contributed by atoms with Gasteiger partial charge in [0.05, 0.1) is 12.1 Å². The number of nitrogens with two attached hydrogens (primary N) is 6. The van der Waals surface area contributed by atoms with Gasteiger partial charge in [-0.1, -0.05) is 96.8 Å². The molecule has 60 heavy (non-hydrogen) atoms. The number of Topliss-reactive ketones (excluding diaryl/α,β-unsaturated/α-hetero) is 4. The van der Waals surface area contributed by atoms with Crippen LogP contribution in [-0.4, -0.2) is 72.9 Å². The van der Waals surface area contributed by atoms with Gasteiger partial charge in [0.15, 0.2) is 23.1 Å². The van der Waals surface area contributed by atoms with Crippen LogP contribution >= 0.6 is 23.5 Å². The maximum absolute atomic E-state index is 14.2. The molecule has 3 aromatic rings. The number of thioether (sulfide) groups is 2. The molecule has 12 N–H and O–H groups in total. The smallest absolute Gasteiger partial charge is 0.167 e. The molecule has 10 nitrogen and oxygen atoms in total. The largest absolute Gasteiger partial charge is 0.330 e. The van der Waals surface area contributed by atoms with Gasteiger partial charge in [-0.2, -0.15) is 0 Å². The molecular formula is C48H72N6O4S2. The van der Waals surface area contributed by atoms with Gasteiger partial charge in [0.1, 0.15) is 0 Å². The second kappa shape index (κ2) is 24.4. The third-order valence-corrected chi connectivity index (χ3v) is 13.2. The van der Waals surface area contributed by atoms with E-state index in [0.717, 1.165) is 68.9 Å². The molecule has 0 aliphatic heterocycles. The van der Waals surface area contributed by atoms with Crippen LogP contribution in [0.3, 0.4) is 0 Å². The number of hydrogen-bond acceptors (Lipinski definition) is 12. The van der Waals surface area contributed by atoms with Crippen LogP contribution in [0.1, 0.15) is 134 Å². The zero-order valence-electron chi connectivity index (χ0n) is 37.0. The van der Waals surface area contributed by atoms with Crippen LogP contribution in [0.5, 0.6) is 0 Å². The molecule has 0 saturated heterocycles. The Balaban J connectivity index is 2.01. The molecule has 3 rings (SSSR count). The molecule has 0 amide bonds. The summed E-state index contributed by atoms with van der Waals surface area (Å²) in [7, 11) is 0. The Kier molecular flexibility index (Phi) is 20.8. The number of carbonyl (C=O) groups excluding carboxylic acids is 4. The first-order valence-corrected chi connectivity index (χ1v) is 23.4. The standard InChI is InChI=1S/C48H72N6O4S2/c1-47(2,3)37-23-33(45(59-20-18-51)35(25-37)29-43(57)39(53)14-7-9-16-49)27-41(55)31-12-11-13-32(22-31)42(56)28-34-24-38(48(4,5)6)26-36(46(34)60-21-19-52)30-44(58)40(54)15-8-10-17-50/h11-13,22-26,39-40H,7-10,14-21,27-30,49-54H2,1-6H3/t39-,40-/m0/s1. The average Bonchev–Trinajstić information content (AvgIpc) is 3.19. The molecule has 0 aliphatic carbocycles. The van der Waals surface area contributed by atoms with Crippen LogP contribution < -0.4 is 34.4 Å². The Hall–Kier alpha value is -3.20. The fraction of sp³-hybridized carbons (Fsp3) is 0.542. The number of carbonyl (C=O) groups is 4. The highest BCUT2D eigenvalue weighted by Crippen LogP contribution is 2.36. The molecule has 0 saturated carbocycles. The van der Waals surface area contributed by atoms with E-state index in [2.05, 4.69) is 65.8 Å². The lowest BCUT2D eigenvalue weighted by Crippen LogP contribution is -2.32. The van der Waals surface area contributed by atoms with Gasteiger partial charge in [-0.15, -0.1) is 23.5 Å². The van der Waals surface area contributed by atoms with Gasteiger partial charge in [0.25, 0.3) is 0 Å². The lowest BCUT2D eigenvalue weighted by molar-refractivity contribution is -0.120. The van der Waals surface area contributed by atoms with Gasteiger partial charge in [0.2, 0.25) is 0 Å². The molecule has 330 valence electrons. The molecule has 0 aliphatic rings. The molecule has 0 spiro atoms. The predicted octanol–water partition coefficient (Wildman–Crippen LogP) is 6.37. The molecule has 0 fully saturated rings. The van der Waals surface area contributed by atoms with Crippen molar-refractivity contribution in [3.63, 3.8) is 0 Å². The number of ketones is 4. The van der Waals surface area contributed by atoms with Gasteiger partial charge in [-0.3, -0.25) is 19.2 Å². The highest BCUT2D eigenvalue weighted by molar-refractivity contribution is 7.99. The van der Waals surface area contributed by atoms with Crippen LogP contribution in [0.15, 0.2) is 58.3 Å². The molecule has 0 unspecified atom stereocenters. The van der Waals surface area contributed by atoms with Crippen LogP contribution in [0.25, 0.3) is 0 Å². The van der Waals surface area contributed by atoms with E-state index < -0.39 is 12.1 Å². The number of rotatable bonds is 26. The fourth-order valence-electron chi connectivity index (χ4n) is 6.99. The molecular weight excluding hydrogens is 789 g/mol. The van der Waals surface area contributed by atoms with Gasteiger partial charge < -0.3 is 34.4 Å². The quantitative estimate of drug-likeness (QED) is 0.0294. The number of unbranched alkanes of at least 4 members (excludes halogenated alkanes) is 2. The molecule has 0 radical (unpaired) electrons. The second-order valence-corrected chi connectivity index (χ2v) is 20.1. The summed E-state index contributed by atoms with van der Waals surface area (Å²) in [5.41, 5.74) is 41.7. The van der Waals surface area contributed by atoms with Crippen molar-refractivity contribution in [2.75, 3.05) is 37.7 Å². The van der Waals surface area contributed by atoms with Crippen molar-refractivity contribution in [1.29, 1.82) is 0 Å². The molecule has 12 heteroatoms. The van der Waals surface area contributed by atoms with E-state index in [1.165, 1.54) is 0 Å². The predicted molar refractivity (Wildman–Crippen MR) is 252 cm³/mol. The minimum Gasteiger partial charge on any atom is -0.330 e. The highest BCUT2D eigenvalue weighted by Gasteiger charge is 2.26. The van der Waals surface area contributed by atoms with E-state index in [1.54, 1.807) is 47.8 Å². The van der Waals surface area contributed by atoms with Gasteiger partial charge >= 0.3 is 0 Å².